The summed E-state index contributed by atoms with van der Waals surface area (Å²) in [6, 6.07) is 1.94. The highest BCUT2D eigenvalue weighted by atomic mass is 15.3. The van der Waals surface area contributed by atoms with E-state index in [2.05, 4.69) is 27.3 Å². The molecule has 0 unspecified atom stereocenters. The summed E-state index contributed by atoms with van der Waals surface area (Å²) in [6.45, 7) is 3.96. The fourth-order valence-electron chi connectivity index (χ4n) is 1.51. The maximum Gasteiger partial charge on any atom is 0.138 e. The van der Waals surface area contributed by atoms with E-state index in [9.17, 15) is 0 Å². The van der Waals surface area contributed by atoms with Gasteiger partial charge in [-0.25, -0.2) is 9.67 Å². The molecule has 5 nitrogen and oxygen atoms in total. The lowest BCUT2D eigenvalue weighted by atomic mass is 10.2. The fourth-order valence-corrected chi connectivity index (χ4v) is 1.51. The summed E-state index contributed by atoms with van der Waals surface area (Å²) in [5.41, 5.74) is 2.15. The molecule has 0 saturated heterocycles. The number of nitrogens with zero attached hydrogens (tertiary/aromatic N) is 4. The molecule has 2 rings (SSSR count). The molecule has 84 valence electrons. The summed E-state index contributed by atoms with van der Waals surface area (Å²) < 4.78 is 1.75. The Hall–Kier alpha value is -1.75. The summed E-state index contributed by atoms with van der Waals surface area (Å²) in [4.78, 5) is 8.08. The highest BCUT2D eigenvalue weighted by Gasteiger charge is 2.04. The Bertz CT molecular complexity index is 424. The van der Waals surface area contributed by atoms with Gasteiger partial charge in [-0.15, -0.1) is 0 Å². The van der Waals surface area contributed by atoms with E-state index in [4.69, 9.17) is 0 Å². The van der Waals surface area contributed by atoms with E-state index in [1.807, 2.05) is 12.3 Å². The molecule has 0 bridgehead atoms. The van der Waals surface area contributed by atoms with E-state index in [0.29, 0.717) is 0 Å². The minimum absolute atomic E-state index is 0.802. The third kappa shape index (κ3) is 2.43. The molecular weight excluding hydrogens is 202 g/mol. The third-order valence-electron chi connectivity index (χ3n) is 2.29. The third-order valence-corrected chi connectivity index (χ3v) is 2.29. The van der Waals surface area contributed by atoms with E-state index in [0.717, 1.165) is 30.8 Å². The van der Waals surface area contributed by atoms with Crippen molar-refractivity contribution >= 4 is 0 Å². The van der Waals surface area contributed by atoms with Crippen molar-refractivity contribution in [2.45, 2.75) is 19.9 Å². The molecule has 0 aromatic carbocycles. The number of rotatable bonds is 5. The van der Waals surface area contributed by atoms with Crippen molar-refractivity contribution in [2.75, 3.05) is 6.54 Å². The van der Waals surface area contributed by atoms with Crippen molar-refractivity contribution in [1.82, 2.24) is 25.1 Å². The predicted octanol–water partition coefficient (Wildman–Crippen LogP) is 1.16. The van der Waals surface area contributed by atoms with Gasteiger partial charge in [-0.05, 0) is 19.0 Å². The van der Waals surface area contributed by atoms with Crippen LogP contribution < -0.4 is 5.32 Å². The van der Waals surface area contributed by atoms with Crippen LogP contribution in [0.4, 0.5) is 0 Å². The van der Waals surface area contributed by atoms with Gasteiger partial charge in [-0.1, -0.05) is 6.92 Å². The van der Waals surface area contributed by atoms with Gasteiger partial charge in [0.25, 0.3) is 0 Å². The normalized spacial score (nSPS) is 10.6. The summed E-state index contributed by atoms with van der Waals surface area (Å²) >= 11 is 0. The number of hydrogen-bond donors (Lipinski definition) is 1. The monoisotopic (exact) mass is 217 g/mol. The van der Waals surface area contributed by atoms with Gasteiger partial charge in [0, 0.05) is 24.5 Å². The number of hydrogen-bond acceptors (Lipinski definition) is 4. The maximum absolute atomic E-state index is 4.13. The summed E-state index contributed by atoms with van der Waals surface area (Å²) in [6.07, 6.45) is 7.97. The molecule has 5 heteroatoms. The molecule has 2 aromatic rings. The van der Waals surface area contributed by atoms with Crippen LogP contribution in [0.5, 0.6) is 0 Å². The summed E-state index contributed by atoms with van der Waals surface area (Å²) in [5.74, 6) is 0. The number of pyridine rings is 1. The second-order valence-corrected chi connectivity index (χ2v) is 3.52. The molecule has 0 aliphatic heterocycles. The lowest BCUT2D eigenvalue weighted by Gasteiger charge is -2.08. The minimum atomic E-state index is 0.802. The number of aromatic nitrogens is 4. The molecule has 0 amide bonds. The van der Waals surface area contributed by atoms with E-state index >= 15 is 0 Å². The first-order chi connectivity index (χ1) is 7.92. The highest BCUT2D eigenvalue weighted by Crippen LogP contribution is 2.10. The van der Waals surface area contributed by atoms with E-state index in [1.54, 1.807) is 17.2 Å². The van der Waals surface area contributed by atoms with Crippen molar-refractivity contribution in [3.8, 4) is 5.69 Å². The fraction of sp³-hybridized carbons (Fsp3) is 0.364. The van der Waals surface area contributed by atoms with Crippen LogP contribution in [-0.2, 0) is 6.54 Å². The molecule has 0 saturated carbocycles. The highest BCUT2D eigenvalue weighted by molar-refractivity contribution is 5.37. The Kier molecular flexibility index (Phi) is 3.61. The van der Waals surface area contributed by atoms with Crippen LogP contribution in [0.1, 0.15) is 18.9 Å². The molecule has 0 aliphatic rings. The van der Waals surface area contributed by atoms with Crippen molar-refractivity contribution in [3.05, 3.63) is 36.7 Å². The minimum Gasteiger partial charge on any atom is -0.313 e. The molecular formula is C11H15N5. The first kappa shape index (κ1) is 10.8. The van der Waals surface area contributed by atoms with Gasteiger partial charge in [0.2, 0.25) is 0 Å². The summed E-state index contributed by atoms with van der Waals surface area (Å²) in [5, 5.41) is 7.48. The Balaban J connectivity index is 2.18. The van der Waals surface area contributed by atoms with Gasteiger partial charge in [0.15, 0.2) is 0 Å². The lowest BCUT2D eigenvalue weighted by Crippen LogP contribution is -2.15. The first-order valence-electron chi connectivity index (χ1n) is 5.40. The molecule has 0 spiro atoms. The van der Waals surface area contributed by atoms with Crippen LogP contribution in [0.25, 0.3) is 5.69 Å². The molecule has 2 heterocycles. The molecule has 1 N–H and O–H groups in total. The average molecular weight is 217 g/mol. The van der Waals surface area contributed by atoms with Crippen molar-refractivity contribution in [1.29, 1.82) is 0 Å². The predicted molar refractivity (Wildman–Crippen MR) is 61.2 cm³/mol. The van der Waals surface area contributed by atoms with Gasteiger partial charge in [0.05, 0.1) is 5.69 Å². The lowest BCUT2D eigenvalue weighted by molar-refractivity contribution is 0.668. The van der Waals surface area contributed by atoms with Crippen molar-refractivity contribution in [2.24, 2.45) is 0 Å². The van der Waals surface area contributed by atoms with Crippen molar-refractivity contribution in [3.63, 3.8) is 0 Å². The van der Waals surface area contributed by atoms with Crippen molar-refractivity contribution < 1.29 is 0 Å². The van der Waals surface area contributed by atoms with E-state index in [-0.39, 0.29) is 0 Å². The largest absolute Gasteiger partial charge is 0.313 e. The van der Waals surface area contributed by atoms with Crippen LogP contribution in [0.2, 0.25) is 0 Å². The standard InChI is InChI=1S/C11H15N5/c1-2-4-12-6-10-7-13-5-3-11(10)16-9-14-8-15-16/h3,5,7-9,12H,2,4,6H2,1H3. The van der Waals surface area contributed by atoms with Gasteiger partial charge in [-0.2, -0.15) is 5.10 Å². The van der Waals surface area contributed by atoms with Crippen LogP contribution >= 0.6 is 0 Å². The van der Waals surface area contributed by atoms with Gasteiger partial charge < -0.3 is 5.32 Å². The smallest absolute Gasteiger partial charge is 0.138 e. The maximum atomic E-state index is 4.13. The Morgan fingerprint density at radius 3 is 3.06 bits per heavy atom. The zero-order valence-electron chi connectivity index (χ0n) is 9.30. The van der Waals surface area contributed by atoms with Crippen LogP contribution in [0.15, 0.2) is 31.1 Å². The van der Waals surface area contributed by atoms with E-state index < -0.39 is 0 Å². The average Bonchev–Trinajstić information content (AvgIpc) is 2.83. The Morgan fingerprint density at radius 1 is 1.38 bits per heavy atom. The molecule has 2 aromatic heterocycles. The molecule has 0 fully saturated rings. The van der Waals surface area contributed by atoms with E-state index in [1.165, 1.54) is 6.33 Å². The SMILES string of the molecule is CCCNCc1cnccc1-n1cncn1. The summed E-state index contributed by atoms with van der Waals surface area (Å²) in [7, 11) is 0. The van der Waals surface area contributed by atoms with Gasteiger partial charge >= 0.3 is 0 Å². The zero-order valence-corrected chi connectivity index (χ0v) is 9.30. The van der Waals surface area contributed by atoms with Crippen LogP contribution in [0.3, 0.4) is 0 Å². The zero-order chi connectivity index (χ0) is 11.2. The molecule has 0 atom stereocenters. The molecule has 16 heavy (non-hydrogen) atoms. The second-order valence-electron chi connectivity index (χ2n) is 3.52. The first-order valence-corrected chi connectivity index (χ1v) is 5.40. The Labute approximate surface area is 94.5 Å². The molecule has 0 radical (unpaired) electrons. The topological polar surface area (TPSA) is 55.6 Å². The Morgan fingerprint density at radius 2 is 2.31 bits per heavy atom. The van der Waals surface area contributed by atoms with Gasteiger partial charge in [-0.3, -0.25) is 4.98 Å². The van der Waals surface area contributed by atoms with Crippen LogP contribution in [0, 0.1) is 0 Å². The molecule has 0 aliphatic carbocycles. The quantitative estimate of drug-likeness (QED) is 0.764. The van der Waals surface area contributed by atoms with Gasteiger partial charge in [0.1, 0.15) is 12.7 Å². The van der Waals surface area contributed by atoms with Crippen LogP contribution in [-0.4, -0.2) is 26.3 Å². The number of nitrogens with one attached hydrogen (secondary N) is 1. The second kappa shape index (κ2) is 5.37.